The second-order valence-corrected chi connectivity index (χ2v) is 7.42. The van der Waals surface area contributed by atoms with Crippen LogP contribution in [0.4, 0.5) is 0 Å². The van der Waals surface area contributed by atoms with Crippen molar-refractivity contribution in [3.63, 3.8) is 0 Å². The average Bonchev–Trinajstić information content (AvgIpc) is 2.74. The molecule has 5 rings (SSSR count). The Kier molecular flexibility index (Phi) is 3.64. The molecule has 0 amide bonds. The largest absolute Gasteiger partial charge is 0.0622 e. The molecule has 0 N–H and O–H groups in total. The van der Waals surface area contributed by atoms with E-state index in [9.17, 15) is 0 Å². The first kappa shape index (κ1) is 15.4. The van der Waals surface area contributed by atoms with E-state index < -0.39 is 0 Å². The summed E-state index contributed by atoms with van der Waals surface area (Å²) in [4.78, 5) is 0. The lowest BCUT2D eigenvalue weighted by Crippen LogP contribution is -2.34. The van der Waals surface area contributed by atoms with Crippen molar-refractivity contribution >= 4 is 10.8 Å². The molecule has 0 fully saturated rings. The lowest BCUT2D eigenvalue weighted by molar-refractivity contribution is 0.446. The summed E-state index contributed by atoms with van der Waals surface area (Å²) in [5.41, 5.74) is 5.97. The highest BCUT2D eigenvalue weighted by Crippen LogP contribution is 2.45. The van der Waals surface area contributed by atoms with Gasteiger partial charge in [0.1, 0.15) is 0 Å². The summed E-state index contributed by atoms with van der Waals surface area (Å²) in [7, 11) is 0. The summed E-state index contributed by atoms with van der Waals surface area (Å²) >= 11 is 0. The van der Waals surface area contributed by atoms with E-state index in [1.165, 1.54) is 33.0 Å². The lowest BCUT2D eigenvalue weighted by Gasteiger charge is -2.40. The summed E-state index contributed by atoms with van der Waals surface area (Å²) < 4.78 is 0. The van der Waals surface area contributed by atoms with Crippen LogP contribution in [-0.4, -0.2) is 0 Å². The van der Waals surface area contributed by atoms with Crippen LogP contribution in [0, 0.1) is 0 Å². The fraction of sp³-hybridized carbons (Fsp3) is 0.154. The Morgan fingerprint density at radius 1 is 0.577 bits per heavy atom. The molecule has 0 spiro atoms. The Morgan fingerprint density at radius 3 is 1.88 bits per heavy atom. The molecule has 126 valence electrons. The molecule has 4 aromatic carbocycles. The number of hydrogen-bond donors (Lipinski definition) is 0. The smallest absolute Gasteiger partial charge is 0.0246 e. The molecule has 0 heteroatoms. The van der Waals surface area contributed by atoms with Crippen molar-refractivity contribution in [2.45, 2.75) is 24.7 Å². The number of fused-ring (bicyclic) bond motifs is 3. The Morgan fingerprint density at radius 2 is 1.19 bits per heavy atom. The summed E-state index contributed by atoms with van der Waals surface area (Å²) in [6.45, 7) is 0. The van der Waals surface area contributed by atoms with Gasteiger partial charge in [0.25, 0.3) is 0 Å². The maximum Gasteiger partial charge on any atom is 0.0246 e. The summed E-state index contributed by atoms with van der Waals surface area (Å²) in [5, 5.41) is 2.77. The molecule has 4 aromatic rings. The molecule has 1 aliphatic rings. The van der Waals surface area contributed by atoms with Crippen molar-refractivity contribution in [3.05, 3.63) is 119 Å². The zero-order valence-electron chi connectivity index (χ0n) is 14.9. The van der Waals surface area contributed by atoms with E-state index in [-0.39, 0.29) is 5.41 Å². The molecule has 0 heterocycles. The van der Waals surface area contributed by atoms with Crippen molar-refractivity contribution in [2.24, 2.45) is 0 Å². The number of benzene rings is 4. The van der Waals surface area contributed by atoms with Gasteiger partial charge in [0.05, 0.1) is 0 Å². The molecule has 0 aromatic heterocycles. The molecule has 0 radical (unpaired) electrons. The zero-order chi connectivity index (χ0) is 17.4. The third kappa shape index (κ3) is 2.37. The minimum absolute atomic E-state index is 0.0552. The van der Waals surface area contributed by atoms with Gasteiger partial charge < -0.3 is 0 Å². The Balaban J connectivity index is 1.75. The maximum absolute atomic E-state index is 2.34. The van der Waals surface area contributed by atoms with Crippen molar-refractivity contribution in [3.8, 4) is 0 Å². The SMILES string of the molecule is c1ccc(C2(c3ccccc3)CCc3ccc4ccccc4c3C2)cc1. The summed E-state index contributed by atoms with van der Waals surface area (Å²) in [5.74, 6) is 0. The van der Waals surface area contributed by atoms with E-state index in [1.807, 2.05) is 0 Å². The molecule has 0 unspecified atom stereocenters. The first-order chi connectivity index (χ1) is 12.9. The Hall–Kier alpha value is -2.86. The molecule has 1 aliphatic carbocycles. The van der Waals surface area contributed by atoms with E-state index in [1.54, 1.807) is 0 Å². The highest BCUT2D eigenvalue weighted by atomic mass is 14.4. The van der Waals surface area contributed by atoms with Gasteiger partial charge in [-0.2, -0.15) is 0 Å². The van der Waals surface area contributed by atoms with Crippen LogP contribution in [0.1, 0.15) is 28.7 Å². The molecule has 0 atom stereocenters. The number of rotatable bonds is 2. The van der Waals surface area contributed by atoms with Gasteiger partial charge in [-0.25, -0.2) is 0 Å². The monoisotopic (exact) mass is 334 g/mol. The molecule has 0 saturated carbocycles. The first-order valence-electron chi connectivity index (χ1n) is 9.47. The highest BCUT2D eigenvalue weighted by Gasteiger charge is 2.38. The van der Waals surface area contributed by atoms with Crippen LogP contribution in [0.25, 0.3) is 10.8 Å². The number of hydrogen-bond acceptors (Lipinski definition) is 0. The van der Waals surface area contributed by atoms with E-state index in [4.69, 9.17) is 0 Å². The quantitative estimate of drug-likeness (QED) is 0.403. The molecule has 0 aliphatic heterocycles. The second-order valence-electron chi connectivity index (χ2n) is 7.42. The van der Waals surface area contributed by atoms with Crippen LogP contribution in [0.5, 0.6) is 0 Å². The molecule has 0 bridgehead atoms. The molecular formula is C26H22. The molecule has 0 saturated heterocycles. The molecular weight excluding hydrogens is 312 g/mol. The Labute approximate surface area is 155 Å². The van der Waals surface area contributed by atoms with Crippen molar-refractivity contribution < 1.29 is 0 Å². The van der Waals surface area contributed by atoms with E-state index >= 15 is 0 Å². The second kappa shape index (κ2) is 6.14. The molecule has 0 nitrogen and oxygen atoms in total. The third-order valence-electron chi connectivity index (χ3n) is 6.09. The molecule has 26 heavy (non-hydrogen) atoms. The van der Waals surface area contributed by atoms with Gasteiger partial charge in [0.2, 0.25) is 0 Å². The van der Waals surface area contributed by atoms with Crippen LogP contribution in [0.2, 0.25) is 0 Å². The summed E-state index contributed by atoms with van der Waals surface area (Å²) in [6.07, 6.45) is 3.36. The van der Waals surface area contributed by atoms with Crippen LogP contribution in [0.15, 0.2) is 97.1 Å². The van der Waals surface area contributed by atoms with Crippen molar-refractivity contribution in [1.82, 2.24) is 0 Å². The first-order valence-corrected chi connectivity index (χ1v) is 9.47. The average molecular weight is 334 g/mol. The predicted molar refractivity (Wildman–Crippen MR) is 110 cm³/mol. The van der Waals surface area contributed by atoms with Crippen LogP contribution >= 0.6 is 0 Å². The van der Waals surface area contributed by atoms with E-state index in [0.29, 0.717) is 0 Å². The van der Waals surface area contributed by atoms with Gasteiger partial charge in [-0.05, 0) is 52.3 Å². The van der Waals surface area contributed by atoms with Gasteiger partial charge in [0.15, 0.2) is 0 Å². The standard InChI is InChI=1S/C26H22/c1-3-10-22(11-4-1)26(23-12-5-2-6-13-23)18-17-21-16-15-20-9-7-8-14-24(20)25(21)19-26/h1-16H,17-19H2. The maximum atomic E-state index is 2.34. The predicted octanol–water partition coefficient (Wildman–Crippen LogP) is 6.31. The fourth-order valence-corrected chi connectivity index (χ4v) is 4.74. The Bertz CT molecular complexity index is 1010. The van der Waals surface area contributed by atoms with Gasteiger partial charge in [-0.1, -0.05) is 97.1 Å². The zero-order valence-corrected chi connectivity index (χ0v) is 14.9. The van der Waals surface area contributed by atoms with Crippen molar-refractivity contribution in [1.29, 1.82) is 0 Å². The van der Waals surface area contributed by atoms with Gasteiger partial charge in [-0.3, -0.25) is 0 Å². The minimum atomic E-state index is 0.0552. The van der Waals surface area contributed by atoms with E-state index in [0.717, 1.165) is 19.3 Å². The summed E-state index contributed by atoms with van der Waals surface area (Å²) in [6, 6.07) is 35.7. The van der Waals surface area contributed by atoms with Gasteiger partial charge in [-0.15, -0.1) is 0 Å². The van der Waals surface area contributed by atoms with Crippen LogP contribution in [0.3, 0.4) is 0 Å². The van der Waals surface area contributed by atoms with E-state index in [2.05, 4.69) is 97.1 Å². The highest BCUT2D eigenvalue weighted by molar-refractivity contribution is 5.87. The van der Waals surface area contributed by atoms with Gasteiger partial charge >= 0.3 is 0 Å². The van der Waals surface area contributed by atoms with Crippen molar-refractivity contribution in [2.75, 3.05) is 0 Å². The fourth-order valence-electron chi connectivity index (χ4n) is 4.74. The lowest BCUT2D eigenvalue weighted by atomic mass is 9.63. The topological polar surface area (TPSA) is 0 Å². The van der Waals surface area contributed by atoms with Gasteiger partial charge in [0, 0.05) is 5.41 Å². The normalized spacial score (nSPS) is 15.5. The van der Waals surface area contributed by atoms with Crippen LogP contribution < -0.4 is 0 Å². The van der Waals surface area contributed by atoms with Crippen LogP contribution in [-0.2, 0) is 18.3 Å². The minimum Gasteiger partial charge on any atom is -0.0622 e. The number of aryl methyl sites for hydroxylation is 1. The third-order valence-corrected chi connectivity index (χ3v) is 6.09.